The molecule has 1 aliphatic rings. The Hall–Kier alpha value is -1.13. The summed E-state index contributed by atoms with van der Waals surface area (Å²) < 4.78 is 0. The van der Waals surface area contributed by atoms with E-state index in [0.29, 0.717) is 0 Å². The maximum absolute atomic E-state index is 8.99. The molecule has 1 fully saturated rings. The lowest BCUT2D eigenvalue weighted by atomic mass is 9.97. The van der Waals surface area contributed by atoms with E-state index in [1.54, 1.807) is 6.20 Å². The third-order valence-electron chi connectivity index (χ3n) is 3.75. The highest BCUT2D eigenvalue weighted by Crippen LogP contribution is 2.19. The fourth-order valence-electron chi connectivity index (χ4n) is 2.46. The summed E-state index contributed by atoms with van der Waals surface area (Å²) in [6, 6.07) is 3.92. The molecule has 0 aromatic carbocycles. The van der Waals surface area contributed by atoms with Gasteiger partial charge in [-0.3, -0.25) is 0 Å². The summed E-state index contributed by atoms with van der Waals surface area (Å²) in [6.07, 6.45) is 4.30. The van der Waals surface area contributed by atoms with Crippen LogP contribution in [-0.2, 0) is 6.61 Å². The van der Waals surface area contributed by atoms with Crippen LogP contribution in [0.2, 0.25) is 0 Å². The van der Waals surface area contributed by atoms with Crippen LogP contribution in [0, 0.1) is 5.92 Å². The van der Waals surface area contributed by atoms with Gasteiger partial charge in [0.15, 0.2) is 0 Å². The van der Waals surface area contributed by atoms with Gasteiger partial charge in [0.1, 0.15) is 5.82 Å². The van der Waals surface area contributed by atoms with Gasteiger partial charge in [-0.1, -0.05) is 6.07 Å². The van der Waals surface area contributed by atoms with Crippen molar-refractivity contribution in [3.63, 3.8) is 0 Å². The molecule has 4 nitrogen and oxygen atoms in total. The van der Waals surface area contributed by atoms with Gasteiger partial charge in [0, 0.05) is 19.8 Å². The Morgan fingerprint density at radius 2 is 2.11 bits per heavy atom. The molecule has 1 N–H and O–H groups in total. The predicted octanol–water partition coefficient (Wildman–Crippen LogP) is 1.35. The molecule has 4 heteroatoms. The van der Waals surface area contributed by atoms with Gasteiger partial charge in [-0.15, -0.1) is 0 Å². The summed E-state index contributed by atoms with van der Waals surface area (Å²) in [6.45, 7) is 3.54. The van der Waals surface area contributed by atoms with E-state index in [2.05, 4.69) is 28.9 Å². The van der Waals surface area contributed by atoms with Crippen LogP contribution >= 0.6 is 0 Å². The van der Waals surface area contributed by atoms with Crippen LogP contribution < -0.4 is 4.90 Å². The first-order valence-electron chi connectivity index (χ1n) is 6.64. The highest BCUT2D eigenvalue weighted by molar-refractivity contribution is 5.38. The van der Waals surface area contributed by atoms with E-state index in [4.69, 9.17) is 5.11 Å². The van der Waals surface area contributed by atoms with Gasteiger partial charge >= 0.3 is 0 Å². The first kappa shape index (κ1) is 13.3. The van der Waals surface area contributed by atoms with Crippen LogP contribution in [0.4, 0.5) is 5.82 Å². The van der Waals surface area contributed by atoms with E-state index in [9.17, 15) is 0 Å². The summed E-state index contributed by atoms with van der Waals surface area (Å²) >= 11 is 0. The number of aliphatic hydroxyl groups excluding tert-OH is 1. The van der Waals surface area contributed by atoms with E-state index in [1.807, 2.05) is 12.1 Å². The highest BCUT2D eigenvalue weighted by atomic mass is 16.3. The van der Waals surface area contributed by atoms with Crippen LogP contribution in [0.15, 0.2) is 18.3 Å². The Morgan fingerprint density at radius 1 is 1.39 bits per heavy atom. The van der Waals surface area contributed by atoms with Crippen LogP contribution in [0.1, 0.15) is 18.4 Å². The number of aliphatic hydroxyl groups is 1. The van der Waals surface area contributed by atoms with Crippen molar-refractivity contribution in [1.29, 1.82) is 0 Å². The normalized spacial score (nSPS) is 17.9. The smallest absolute Gasteiger partial charge is 0.128 e. The second kappa shape index (κ2) is 6.16. The summed E-state index contributed by atoms with van der Waals surface area (Å²) in [5, 5.41) is 8.99. The van der Waals surface area contributed by atoms with Gasteiger partial charge < -0.3 is 14.9 Å². The van der Waals surface area contributed by atoms with Crippen LogP contribution in [0.3, 0.4) is 0 Å². The van der Waals surface area contributed by atoms with E-state index in [1.165, 1.54) is 25.9 Å². The summed E-state index contributed by atoms with van der Waals surface area (Å²) in [4.78, 5) is 9.00. The van der Waals surface area contributed by atoms with Crippen molar-refractivity contribution in [3.05, 3.63) is 23.9 Å². The lowest BCUT2D eigenvalue weighted by Crippen LogP contribution is -2.35. The molecule has 0 atom stereocenters. The molecule has 100 valence electrons. The maximum Gasteiger partial charge on any atom is 0.128 e. The molecule has 1 aromatic heterocycles. The number of piperidine rings is 1. The van der Waals surface area contributed by atoms with Crippen molar-refractivity contribution in [3.8, 4) is 0 Å². The van der Waals surface area contributed by atoms with Gasteiger partial charge in [-0.05, 0) is 50.5 Å². The quantitative estimate of drug-likeness (QED) is 0.874. The fourth-order valence-corrected chi connectivity index (χ4v) is 2.46. The standard InChI is InChI=1S/C14H23N3O/c1-16-7-5-12(6-8-16)10-17(2)14-4-3-13(11-18)9-15-14/h3-4,9,12,18H,5-8,10-11H2,1-2H3. The molecule has 1 saturated heterocycles. The Balaban J connectivity index is 1.88. The number of hydrogen-bond acceptors (Lipinski definition) is 4. The number of likely N-dealkylation sites (tertiary alicyclic amines) is 1. The lowest BCUT2D eigenvalue weighted by molar-refractivity contribution is 0.222. The lowest BCUT2D eigenvalue weighted by Gasteiger charge is -2.32. The Bertz CT molecular complexity index is 358. The van der Waals surface area contributed by atoms with Crippen molar-refractivity contribution in [2.75, 3.05) is 38.6 Å². The Morgan fingerprint density at radius 3 is 2.67 bits per heavy atom. The molecular weight excluding hydrogens is 226 g/mol. The van der Waals surface area contributed by atoms with E-state index in [0.717, 1.165) is 23.8 Å². The van der Waals surface area contributed by atoms with Crippen LogP contribution in [0.25, 0.3) is 0 Å². The third kappa shape index (κ3) is 3.43. The Labute approximate surface area is 109 Å². The average Bonchev–Trinajstić information content (AvgIpc) is 2.41. The first-order valence-corrected chi connectivity index (χ1v) is 6.64. The monoisotopic (exact) mass is 249 g/mol. The van der Waals surface area contributed by atoms with E-state index in [-0.39, 0.29) is 6.61 Å². The minimum Gasteiger partial charge on any atom is -0.392 e. The second-order valence-corrected chi connectivity index (χ2v) is 5.31. The molecule has 1 aromatic rings. The number of rotatable bonds is 4. The molecule has 1 aliphatic heterocycles. The number of hydrogen-bond donors (Lipinski definition) is 1. The molecule has 0 unspecified atom stereocenters. The number of nitrogens with zero attached hydrogens (tertiary/aromatic N) is 3. The molecule has 0 radical (unpaired) electrons. The zero-order valence-electron chi connectivity index (χ0n) is 11.3. The molecule has 0 amide bonds. The van der Waals surface area contributed by atoms with Gasteiger partial charge in [-0.25, -0.2) is 4.98 Å². The zero-order chi connectivity index (χ0) is 13.0. The van der Waals surface area contributed by atoms with Gasteiger partial charge in [-0.2, -0.15) is 0 Å². The summed E-state index contributed by atoms with van der Waals surface area (Å²) in [7, 11) is 4.29. The summed E-state index contributed by atoms with van der Waals surface area (Å²) in [5.41, 5.74) is 0.867. The molecule has 0 bridgehead atoms. The Kier molecular flexibility index (Phi) is 4.55. The van der Waals surface area contributed by atoms with Crippen molar-refractivity contribution >= 4 is 5.82 Å². The highest BCUT2D eigenvalue weighted by Gasteiger charge is 2.18. The van der Waals surface area contributed by atoms with E-state index < -0.39 is 0 Å². The average molecular weight is 249 g/mol. The second-order valence-electron chi connectivity index (χ2n) is 5.31. The summed E-state index contributed by atoms with van der Waals surface area (Å²) in [5.74, 6) is 1.76. The number of aromatic nitrogens is 1. The molecule has 2 rings (SSSR count). The van der Waals surface area contributed by atoms with Crippen molar-refractivity contribution in [2.24, 2.45) is 5.92 Å². The minimum atomic E-state index is 0.0615. The molecular formula is C14H23N3O. The van der Waals surface area contributed by atoms with Gasteiger partial charge in [0.25, 0.3) is 0 Å². The number of pyridine rings is 1. The molecule has 2 heterocycles. The molecule has 0 spiro atoms. The third-order valence-corrected chi connectivity index (χ3v) is 3.75. The zero-order valence-corrected chi connectivity index (χ0v) is 11.3. The van der Waals surface area contributed by atoms with Crippen LogP contribution in [0.5, 0.6) is 0 Å². The van der Waals surface area contributed by atoms with Crippen molar-refractivity contribution < 1.29 is 5.11 Å². The largest absolute Gasteiger partial charge is 0.392 e. The van der Waals surface area contributed by atoms with Crippen molar-refractivity contribution in [1.82, 2.24) is 9.88 Å². The fraction of sp³-hybridized carbons (Fsp3) is 0.643. The SMILES string of the molecule is CN1CCC(CN(C)c2ccc(CO)cn2)CC1. The molecule has 18 heavy (non-hydrogen) atoms. The number of anilines is 1. The van der Waals surface area contributed by atoms with Crippen molar-refractivity contribution in [2.45, 2.75) is 19.4 Å². The van der Waals surface area contributed by atoms with Gasteiger partial charge in [0.2, 0.25) is 0 Å². The predicted molar refractivity (Wildman–Crippen MR) is 73.7 cm³/mol. The maximum atomic E-state index is 8.99. The first-order chi connectivity index (χ1) is 8.69. The topological polar surface area (TPSA) is 39.6 Å². The molecule has 0 saturated carbocycles. The van der Waals surface area contributed by atoms with Gasteiger partial charge in [0.05, 0.1) is 6.61 Å². The minimum absolute atomic E-state index is 0.0615. The van der Waals surface area contributed by atoms with E-state index >= 15 is 0 Å². The molecule has 0 aliphatic carbocycles. The van der Waals surface area contributed by atoms with Crippen LogP contribution in [-0.4, -0.2) is 48.7 Å².